The van der Waals surface area contributed by atoms with Crippen molar-refractivity contribution in [1.29, 1.82) is 0 Å². The number of aryl methyl sites for hydroxylation is 1. The summed E-state index contributed by atoms with van der Waals surface area (Å²) in [5.41, 5.74) is 2.64. The van der Waals surface area contributed by atoms with Crippen LogP contribution in [0, 0.1) is 24.7 Å². The second-order valence-electron chi connectivity index (χ2n) is 7.10. The number of likely N-dealkylation sites (tertiary alicyclic amines) is 1. The third kappa shape index (κ3) is 3.04. The largest absolute Gasteiger partial charge is 0.481 e. The van der Waals surface area contributed by atoms with Crippen molar-refractivity contribution in [2.45, 2.75) is 19.8 Å². The molecule has 2 aliphatic rings. The average Bonchev–Trinajstić information content (AvgIpc) is 3.16. The van der Waals surface area contributed by atoms with Crippen LogP contribution in [0.2, 0.25) is 0 Å². The van der Waals surface area contributed by atoms with Gasteiger partial charge in [-0.3, -0.25) is 9.59 Å². The number of carbonyl (C=O) groups excluding carboxylic acids is 1. The number of nitrogens with zero attached hydrogens (tertiary/aromatic N) is 2. The lowest BCUT2D eigenvalue weighted by atomic mass is 9.92. The van der Waals surface area contributed by atoms with E-state index in [1.807, 2.05) is 31.2 Å². The van der Waals surface area contributed by atoms with Gasteiger partial charge in [-0.15, -0.1) is 0 Å². The monoisotopic (exact) mass is 340 g/mol. The van der Waals surface area contributed by atoms with E-state index in [9.17, 15) is 14.7 Å². The summed E-state index contributed by atoms with van der Waals surface area (Å²) in [6.45, 7) is 2.74. The smallest absolute Gasteiger partial charge is 0.308 e. The van der Waals surface area contributed by atoms with Crippen molar-refractivity contribution in [1.82, 2.24) is 10.1 Å². The molecule has 1 N–H and O–H groups in total. The standard InChI is InChI=1S/C19H20N2O4/c1-11-2-4-13(5-3-11)16-8-17(25-20-16)18(22)21-9-14(12-6-7-12)15(10-21)19(23)24/h2-5,8,12,14-15H,6-7,9-10H2,1H3,(H,23,24)/t14-,15+/m1/s1. The Morgan fingerprint density at radius 2 is 1.92 bits per heavy atom. The molecule has 1 saturated carbocycles. The molecule has 2 atom stereocenters. The quantitative estimate of drug-likeness (QED) is 0.925. The van der Waals surface area contributed by atoms with Crippen molar-refractivity contribution in [3.8, 4) is 11.3 Å². The summed E-state index contributed by atoms with van der Waals surface area (Å²) in [5, 5.41) is 13.4. The van der Waals surface area contributed by atoms with Crippen LogP contribution in [-0.4, -0.2) is 40.1 Å². The van der Waals surface area contributed by atoms with Gasteiger partial charge in [0, 0.05) is 24.7 Å². The maximum Gasteiger partial charge on any atom is 0.308 e. The van der Waals surface area contributed by atoms with E-state index in [1.165, 1.54) is 0 Å². The molecule has 0 bridgehead atoms. The van der Waals surface area contributed by atoms with Gasteiger partial charge in [-0.1, -0.05) is 35.0 Å². The van der Waals surface area contributed by atoms with E-state index >= 15 is 0 Å². The molecule has 2 fully saturated rings. The van der Waals surface area contributed by atoms with Crippen molar-refractivity contribution in [2.24, 2.45) is 17.8 Å². The van der Waals surface area contributed by atoms with Crippen LogP contribution in [0.3, 0.4) is 0 Å². The minimum atomic E-state index is -0.815. The average molecular weight is 340 g/mol. The van der Waals surface area contributed by atoms with Gasteiger partial charge in [0.1, 0.15) is 5.69 Å². The molecule has 25 heavy (non-hydrogen) atoms. The Kier molecular flexibility index (Phi) is 3.82. The molecule has 2 heterocycles. The molecule has 1 aromatic carbocycles. The van der Waals surface area contributed by atoms with Crippen molar-refractivity contribution >= 4 is 11.9 Å². The van der Waals surface area contributed by atoms with E-state index in [-0.39, 0.29) is 24.1 Å². The molecule has 1 aliphatic heterocycles. The number of carbonyl (C=O) groups is 2. The topological polar surface area (TPSA) is 83.6 Å². The maximum absolute atomic E-state index is 12.7. The Morgan fingerprint density at radius 3 is 2.56 bits per heavy atom. The molecule has 0 unspecified atom stereocenters. The molecule has 130 valence electrons. The van der Waals surface area contributed by atoms with Gasteiger partial charge in [-0.05, 0) is 31.6 Å². The van der Waals surface area contributed by atoms with Gasteiger partial charge >= 0.3 is 5.97 Å². The molecule has 1 amide bonds. The Balaban J connectivity index is 1.51. The second kappa shape index (κ2) is 6.02. The summed E-state index contributed by atoms with van der Waals surface area (Å²) in [6, 6.07) is 9.45. The molecule has 1 aliphatic carbocycles. The van der Waals surface area contributed by atoms with E-state index in [0.717, 1.165) is 24.0 Å². The van der Waals surface area contributed by atoms with Crippen LogP contribution in [0.1, 0.15) is 29.0 Å². The number of aliphatic carboxylic acids is 1. The van der Waals surface area contributed by atoms with Crippen molar-refractivity contribution in [3.63, 3.8) is 0 Å². The summed E-state index contributed by atoms with van der Waals surface area (Å²) in [7, 11) is 0. The van der Waals surface area contributed by atoms with Gasteiger partial charge in [0.05, 0.1) is 5.92 Å². The van der Waals surface area contributed by atoms with Crippen LogP contribution in [0.5, 0.6) is 0 Å². The lowest BCUT2D eigenvalue weighted by molar-refractivity contribution is -0.142. The van der Waals surface area contributed by atoms with Crippen LogP contribution in [0.25, 0.3) is 11.3 Å². The Hall–Kier alpha value is -2.63. The lowest BCUT2D eigenvalue weighted by Crippen LogP contribution is -2.29. The van der Waals surface area contributed by atoms with Crippen LogP contribution >= 0.6 is 0 Å². The number of hydrogen-bond acceptors (Lipinski definition) is 4. The van der Waals surface area contributed by atoms with Gasteiger partial charge < -0.3 is 14.5 Å². The predicted octanol–water partition coefficient (Wildman–Crippen LogP) is 2.83. The van der Waals surface area contributed by atoms with Crippen LogP contribution < -0.4 is 0 Å². The Bertz CT molecular complexity index is 807. The first-order chi connectivity index (χ1) is 12.0. The van der Waals surface area contributed by atoms with Crippen LogP contribution in [0.4, 0.5) is 0 Å². The highest BCUT2D eigenvalue weighted by molar-refractivity contribution is 5.93. The normalized spacial score (nSPS) is 23.0. The van der Waals surface area contributed by atoms with Gasteiger partial charge in [-0.2, -0.15) is 0 Å². The first-order valence-corrected chi connectivity index (χ1v) is 8.59. The molecule has 6 heteroatoms. The highest BCUT2D eigenvalue weighted by atomic mass is 16.5. The highest BCUT2D eigenvalue weighted by Crippen LogP contribution is 2.44. The highest BCUT2D eigenvalue weighted by Gasteiger charge is 2.47. The first kappa shape index (κ1) is 15.9. The number of hydrogen-bond donors (Lipinski definition) is 1. The molecule has 4 rings (SSSR count). The minimum Gasteiger partial charge on any atom is -0.481 e. The molecule has 1 saturated heterocycles. The van der Waals surface area contributed by atoms with E-state index in [1.54, 1.807) is 11.0 Å². The zero-order valence-electron chi connectivity index (χ0n) is 14.0. The van der Waals surface area contributed by atoms with Gasteiger partial charge in [0.25, 0.3) is 5.91 Å². The molecular formula is C19H20N2O4. The summed E-state index contributed by atoms with van der Waals surface area (Å²) in [5.74, 6) is -0.907. The number of carboxylic acids is 1. The number of benzene rings is 1. The Morgan fingerprint density at radius 1 is 1.20 bits per heavy atom. The molecule has 6 nitrogen and oxygen atoms in total. The van der Waals surface area contributed by atoms with E-state index < -0.39 is 11.9 Å². The molecule has 1 aromatic heterocycles. The lowest BCUT2D eigenvalue weighted by Gasteiger charge is -2.13. The fourth-order valence-corrected chi connectivity index (χ4v) is 3.65. The van der Waals surface area contributed by atoms with E-state index in [2.05, 4.69) is 5.16 Å². The van der Waals surface area contributed by atoms with E-state index in [4.69, 9.17) is 4.52 Å². The van der Waals surface area contributed by atoms with Crippen LogP contribution in [0.15, 0.2) is 34.9 Å². The number of rotatable bonds is 4. The molecule has 0 spiro atoms. The van der Waals surface area contributed by atoms with Gasteiger partial charge in [0.15, 0.2) is 0 Å². The van der Waals surface area contributed by atoms with Crippen molar-refractivity contribution in [2.75, 3.05) is 13.1 Å². The van der Waals surface area contributed by atoms with Crippen molar-refractivity contribution < 1.29 is 19.2 Å². The number of aromatic nitrogens is 1. The summed E-state index contributed by atoms with van der Waals surface area (Å²) in [4.78, 5) is 25.8. The summed E-state index contributed by atoms with van der Waals surface area (Å²) in [6.07, 6.45) is 2.13. The van der Waals surface area contributed by atoms with E-state index in [0.29, 0.717) is 18.2 Å². The van der Waals surface area contributed by atoms with Crippen molar-refractivity contribution in [3.05, 3.63) is 41.7 Å². The van der Waals surface area contributed by atoms with Crippen LogP contribution in [-0.2, 0) is 4.79 Å². The summed E-state index contributed by atoms with van der Waals surface area (Å²) < 4.78 is 5.24. The fraction of sp³-hybridized carbons (Fsp3) is 0.421. The number of carboxylic acid groups (broad SMARTS) is 1. The second-order valence-corrected chi connectivity index (χ2v) is 7.10. The maximum atomic E-state index is 12.7. The Labute approximate surface area is 145 Å². The molecular weight excluding hydrogens is 320 g/mol. The third-order valence-electron chi connectivity index (χ3n) is 5.27. The van der Waals surface area contributed by atoms with Gasteiger partial charge in [-0.25, -0.2) is 0 Å². The zero-order valence-corrected chi connectivity index (χ0v) is 14.0. The zero-order chi connectivity index (χ0) is 17.6. The SMILES string of the molecule is Cc1ccc(-c2cc(C(=O)N3C[C@H](C(=O)O)[C@@H](C4CC4)C3)on2)cc1. The summed E-state index contributed by atoms with van der Waals surface area (Å²) >= 11 is 0. The third-order valence-corrected chi connectivity index (χ3v) is 5.27. The predicted molar refractivity (Wildman–Crippen MR) is 89.9 cm³/mol. The number of amides is 1. The minimum absolute atomic E-state index is 0.0564. The molecule has 2 aromatic rings. The first-order valence-electron chi connectivity index (χ1n) is 8.59. The van der Waals surface area contributed by atoms with Gasteiger partial charge in [0.2, 0.25) is 5.76 Å². The fourth-order valence-electron chi connectivity index (χ4n) is 3.65. The molecule has 0 radical (unpaired) electrons.